The second-order valence-corrected chi connectivity index (χ2v) is 10.3. The molecule has 43 heavy (non-hydrogen) atoms. The Labute approximate surface area is 254 Å². The highest BCUT2D eigenvalue weighted by Gasteiger charge is 2.24. The minimum absolute atomic E-state index is 0. The maximum absolute atomic E-state index is 11.6. The highest BCUT2D eigenvalue weighted by atomic mass is 35.5. The summed E-state index contributed by atoms with van der Waals surface area (Å²) in [6, 6.07) is 21.3. The van der Waals surface area contributed by atoms with Crippen molar-refractivity contribution in [1.82, 2.24) is 15.0 Å². The van der Waals surface area contributed by atoms with Crippen LogP contribution in [0.25, 0.3) is 0 Å². The Hall–Kier alpha value is -4.97. The number of hydrogen-bond donors (Lipinski definition) is 2. The molecule has 1 aromatic heterocycles. The summed E-state index contributed by atoms with van der Waals surface area (Å²) in [6.45, 7) is 3.67. The van der Waals surface area contributed by atoms with Crippen molar-refractivity contribution >= 4 is 47.8 Å². The largest absolute Gasteiger partial charge is 0.454 e. The summed E-state index contributed by atoms with van der Waals surface area (Å²) in [4.78, 5) is 27.1. The van der Waals surface area contributed by atoms with Gasteiger partial charge in [0.05, 0.1) is 22.8 Å². The first-order chi connectivity index (χ1) is 20.5. The molecule has 3 aromatic carbocycles. The molecule has 0 spiro atoms. The SMILES string of the molecule is Cc1ccc(Nc2nc(NN=Cc3cc4c(cc3[N+](=O)[O-])OCO4)nc(N3CCC(Cc4ccccc4)CC3)n2)cc1.Cl. The van der Waals surface area contributed by atoms with Gasteiger partial charge in [0, 0.05) is 18.8 Å². The zero-order valence-electron chi connectivity index (χ0n) is 23.5. The van der Waals surface area contributed by atoms with Gasteiger partial charge in [-0.05, 0) is 55.9 Å². The van der Waals surface area contributed by atoms with Gasteiger partial charge in [0.1, 0.15) is 0 Å². The Balaban J connectivity index is 0.00000368. The van der Waals surface area contributed by atoms with E-state index < -0.39 is 4.92 Å². The molecule has 2 aliphatic heterocycles. The summed E-state index contributed by atoms with van der Waals surface area (Å²) in [6.07, 6.45) is 4.44. The first kappa shape index (κ1) is 29.5. The van der Waals surface area contributed by atoms with E-state index in [1.54, 1.807) is 0 Å². The van der Waals surface area contributed by atoms with Gasteiger partial charge in [0.15, 0.2) is 11.5 Å². The van der Waals surface area contributed by atoms with Gasteiger partial charge in [-0.1, -0.05) is 48.0 Å². The Bertz CT molecular complexity index is 1600. The third kappa shape index (κ3) is 7.28. The van der Waals surface area contributed by atoms with Gasteiger partial charge in [0.2, 0.25) is 24.6 Å². The zero-order valence-corrected chi connectivity index (χ0v) is 24.3. The number of aryl methyl sites for hydroxylation is 1. The van der Waals surface area contributed by atoms with Gasteiger partial charge in [-0.25, -0.2) is 5.43 Å². The molecule has 4 aromatic rings. The third-order valence-electron chi connectivity index (χ3n) is 7.28. The van der Waals surface area contributed by atoms with Crippen molar-refractivity contribution in [3.05, 3.63) is 93.5 Å². The van der Waals surface area contributed by atoms with Gasteiger partial charge in [-0.3, -0.25) is 10.1 Å². The van der Waals surface area contributed by atoms with Crippen LogP contribution in [0.1, 0.15) is 29.5 Å². The average molecular weight is 603 g/mol. The summed E-state index contributed by atoms with van der Waals surface area (Å²) in [5.41, 5.74) is 6.27. The van der Waals surface area contributed by atoms with Crippen LogP contribution in [0.4, 0.5) is 29.2 Å². The number of aromatic nitrogens is 3. The molecule has 0 bridgehead atoms. The van der Waals surface area contributed by atoms with Crippen molar-refractivity contribution in [2.75, 3.05) is 35.5 Å². The predicted molar refractivity (Wildman–Crippen MR) is 167 cm³/mol. The van der Waals surface area contributed by atoms with E-state index in [1.807, 2.05) is 37.3 Å². The number of nitro benzene ring substituents is 1. The average Bonchev–Trinajstić information content (AvgIpc) is 3.46. The molecule has 12 nitrogen and oxygen atoms in total. The first-order valence-electron chi connectivity index (χ1n) is 13.8. The van der Waals surface area contributed by atoms with Gasteiger partial charge in [0.25, 0.3) is 5.69 Å². The molecule has 222 valence electrons. The molecule has 0 radical (unpaired) electrons. The van der Waals surface area contributed by atoms with E-state index in [9.17, 15) is 10.1 Å². The number of rotatable bonds is 9. The van der Waals surface area contributed by atoms with Crippen LogP contribution >= 0.6 is 12.4 Å². The van der Waals surface area contributed by atoms with E-state index in [2.05, 4.69) is 55.0 Å². The number of hydrogen-bond acceptors (Lipinski definition) is 11. The van der Waals surface area contributed by atoms with Crippen LogP contribution in [0, 0.1) is 23.0 Å². The molecule has 0 atom stereocenters. The lowest BCUT2D eigenvalue weighted by molar-refractivity contribution is -0.385. The van der Waals surface area contributed by atoms with Gasteiger partial charge < -0.3 is 19.7 Å². The second-order valence-electron chi connectivity index (χ2n) is 10.3. The number of hydrazone groups is 1. The Morgan fingerprint density at radius 2 is 1.70 bits per heavy atom. The van der Waals surface area contributed by atoms with E-state index in [4.69, 9.17) is 14.5 Å². The maximum atomic E-state index is 11.6. The van der Waals surface area contributed by atoms with Crippen molar-refractivity contribution in [2.24, 2.45) is 11.0 Å². The lowest BCUT2D eigenvalue weighted by Gasteiger charge is -2.32. The van der Waals surface area contributed by atoms with Gasteiger partial charge >= 0.3 is 0 Å². The highest BCUT2D eigenvalue weighted by Crippen LogP contribution is 2.37. The van der Waals surface area contributed by atoms with E-state index in [0.29, 0.717) is 29.3 Å². The van der Waals surface area contributed by atoms with E-state index in [-0.39, 0.29) is 36.4 Å². The van der Waals surface area contributed by atoms with Crippen LogP contribution in [0.15, 0.2) is 71.8 Å². The Morgan fingerprint density at radius 1 is 1.00 bits per heavy atom. The number of fused-ring (bicyclic) bond motifs is 1. The van der Waals surface area contributed by atoms with Crippen molar-refractivity contribution in [1.29, 1.82) is 0 Å². The molecule has 0 amide bonds. The predicted octanol–water partition coefficient (Wildman–Crippen LogP) is 5.89. The Morgan fingerprint density at radius 3 is 2.42 bits per heavy atom. The molecule has 1 saturated heterocycles. The molecule has 0 aliphatic carbocycles. The summed E-state index contributed by atoms with van der Waals surface area (Å²) in [5, 5.41) is 19.1. The molecule has 13 heteroatoms. The lowest BCUT2D eigenvalue weighted by atomic mass is 9.90. The van der Waals surface area contributed by atoms with E-state index >= 15 is 0 Å². The van der Waals surface area contributed by atoms with Crippen molar-refractivity contribution in [2.45, 2.75) is 26.2 Å². The number of nitro groups is 1. The van der Waals surface area contributed by atoms with E-state index in [1.165, 1.54) is 23.9 Å². The summed E-state index contributed by atoms with van der Waals surface area (Å²) >= 11 is 0. The summed E-state index contributed by atoms with van der Waals surface area (Å²) < 4.78 is 10.6. The lowest BCUT2D eigenvalue weighted by Crippen LogP contribution is -2.35. The van der Waals surface area contributed by atoms with Gasteiger partial charge in [-0.15, -0.1) is 12.4 Å². The molecule has 6 rings (SSSR count). The smallest absolute Gasteiger partial charge is 0.282 e. The third-order valence-corrected chi connectivity index (χ3v) is 7.28. The van der Waals surface area contributed by atoms with Crippen LogP contribution in [0.5, 0.6) is 11.5 Å². The number of ether oxygens (including phenoxy) is 2. The number of piperidine rings is 1. The number of halogens is 1. The van der Waals surface area contributed by atoms with Gasteiger partial charge in [-0.2, -0.15) is 20.1 Å². The zero-order chi connectivity index (χ0) is 28.9. The van der Waals surface area contributed by atoms with Crippen molar-refractivity contribution in [3.63, 3.8) is 0 Å². The molecule has 0 saturated carbocycles. The number of benzene rings is 3. The van der Waals surface area contributed by atoms with E-state index in [0.717, 1.165) is 43.6 Å². The molecule has 0 unspecified atom stereocenters. The summed E-state index contributed by atoms with van der Waals surface area (Å²) in [5.74, 6) is 2.44. The number of nitrogens with zero attached hydrogens (tertiary/aromatic N) is 6. The molecule has 2 aliphatic rings. The van der Waals surface area contributed by atoms with Crippen molar-refractivity contribution < 1.29 is 14.4 Å². The van der Waals surface area contributed by atoms with Crippen LogP contribution in [-0.4, -0.2) is 46.0 Å². The first-order valence-corrected chi connectivity index (χ1v) is 13.8. The topological polar surface area (TPSA) is 140 Å². The van der Waals surface area contributed by atoms with Crippen LogP contribution in [0.2, 0.25) is 0 Å². The number of anilines is 4. The molecular weight excluding hydrogens is 572 g/mol. The molecule has 2 N–H and O–H groups in total. The molecular formula is C30H31ClN8O4. The van der Waals surface area contributed by atoms with Crippen LogP contribution < -0.4 is 25.1 Å². The maximum Gasteiger partial charge on any atom is 0.282 e. The van der Waals surface area contributed by atoms with Crippen LogP contribution in [-0.2, 0) is 6.42 Å². The fraction of sp³-hybridized carbons (Fsp3) is 0.267. The molecule has 3 heterocycles. The standard InChI is InChI=1S/C30H30N8O4.ClH/c1-20-7-9-24(10-8-20)32-28-33-29(36-31-18-23-16-26-27(42-19-41-26)17-25(23)38(39)40)35-30(34-28)37-13-11-22(12-14-37)15-21-5-3-2-4-6-21;/h2-10,16-18,22H,11-15,19H2,1H3,(H2,32,33,34,35,36);1H. The fourth-order valence-electron chi connectivity index (χ4n) is 5.03. The minimum Gasteiger partial charge on any atom is -0.454 e. The summed E-state index contributed by atoms with van der Waals surface area (Å²) in [7, 11) is 0. The minimum atomic E-state index is -0.491. The second kappa shape index (κ2) is 13.3. The quantitative estimate of drug-likeness (QED) is 0.135. The normalized spacial score (nSPS) is 14.4. The van der Waals surface area contributed by atoms with Crippen molar-refractivity contribution in [3.8, 4) is 11.5 Å². The monoisotopic (exact) mass is 602 g/mol. The molecule has 1 fully saturated rings. The number of nitrogens with one attached hydrogen (secondary N) is 2. The Kier molecular flexibility index (Phi) is 9.16. The fourth-order valence-corrected chi connectivity index (χ4v) is 5.03. The highest BCUT2D eigenvalue weighted by molar-refractivity contribution is 5.87. The van der Waals surface area contributed by atoms with Crippen LogP contribution in [0.3, 0.4) is 0 Å².